The fourth-order valence-corrected chi connectivity index (χ4v) is 3.80. The van der Waals surface area contributed by atoms with Gasteiger partial charge in [0.25, 0.3) is 5.91 Å². The average Bonchev–Trinajstić information content (AvgIpc) is 3.18. The molecule has 35 heavy (non-hydrogen) atoms. The van der Waals surface area contributed by atoms with Gasteiger partial charge in [0.15, 0.2) is 11.5 Å². The summed E-state index contributed by atoms with van der Waals surface area (Å²) >= 11 is 0. The van der Waals surface area contributed by atoms with Crippen molar-refractivity contribution in [2.45, 2.75) is 53.4 Å². The number of hydrogen-bond donors (Lipinski definition) is 2. The summed E-state index contributed by atoms with van der Waals surface area (Å²) in [7, 11) is 1.65. The first-order valence-corrected chi connectivity index (χ1v) is 12.6. The number of nitrogens with one attached hydrogen (secondary N) is 1. The molecule has 3 N–H and O–H groups in total. The zero-order valence-corrected chi connectivity index (χ0v) is 21.8. The predicted molar refractivity (Wildman–Crippen MR) is 141 cm³/mol. The number of aryl methyl sites for hydroxylation is 1. The molecule has 2 heterocycles. The highest BCUT2D eigenvalue weighted by atomic mass is 16.5. The van der Waals surface area contributed by atoms with Gasteiger partial charge in [0.1, 0.15) is 11.4 Å². The summed E-state index contributed by atoms with van der Waals surface area (Å²) in [6.07, 6.45) is 3.43. The maximum atomic E-state index is 13.5. The van der Waals surface area contributed by atoms with Gasteiger partial charge in [-0.3, -0.25) is 4.79 Å². The van der Waals surface area contributed by atoms with E-state index in [-0.39, 0.29) is 5.91 Å². The summed E-state index contributed by atoms with van der Waals surface area (Å²) in [6, 6.07) is 11.3. The zero-order chi connectivity index (χ0) is 25.4. The van der Waals surface area contributed by atoms with Crippen LogP contribution in [0.25, 0.3) is 5.65 Å². The van der Waals surface area contributed by atoms with E-state index in [1.165, 1.54) is 0 Å². The first-order valence-electron chi connectivity index (χ1n) is 12.6. The van der Waals surface area contributed by atoms with E-state index < -0.39 is 0 Å². The van der Waals surface area contributed by atoms with Gasteiger partial charge in [-0.1, -0.05) is 27.7 Å². The molecule has 0 aliphatic carbocycles. The standard InChI is InChI=1S/C27H40N6O2/c1-19(2)14-17-32(18-15-20(3)4)27(34)23-12-13-25-30-26(24(7-6-16-28)33(25)31-23)29-21-8-10-22(35-5)11-9-21/h8-13,19-20,29H,6-7,14-18,28H2,1-5H3. The van der Waals surface area contributed by atoms with E-state index in [1.807, 2.05) is 35.2 Å². The van der Waals surface area contributed by atoms with Crippen LogP contribution < -0.4 is 15.8 Å². The Kier molecular flexibility index (Phi) is 9.48. The van der Waals surface area contributed by atoms with Crippen molar-refractivity contribution >= 4 is 23.1 Å². The van der Waals surface area contributed by atoms with E-state index in [0.717, 1.165) is 55.3 Å². The van der Waals surface area contributed by atoms with Crippen molar-refractivity contribution in [3.63, 3.8) is 0 Å². The lowest BCUT2D eigenvalue weighted by Gasteiger charge is -2.24. The lowest BCUT2D eigenvalue weighted by molar-refractivity contribution is 0.0733. The first kappa shape index (κ1) is 26.5. The maximum Gasteiger partial charge on any atom is 0.274 e. The molecule has 1 aromatic carbocycles. The molecule has 0 bridgehead atoms. The number of carbonyl (C=O) groups excluding carboxylic acids is 1. The normalized spacial score (nSPS) is 11.4. The number of benzene rings is 1. The highest BCUT2D eigenvalue weighted by molar-refractivity contribution is 5.92. The van der Waals surface area contributed by atoms with Crippen molar-refractivity contribution in [1.82, 2.24) is 19.5 Å². The number of carbonyl (C=O) groups is 1. The number of methoxy groups -OCH3 is 1. The van der Waals surface area contributed by atoms with Crippen LogP contribution >= 0.6 is 0 Å². The van der Waals surface area contributed by atoms with Gasteiger partial charge in [-0.25, -0.2) is 9.50 Å². The van der Waals surface area contributed by atoms with Crippen molar-refractivity contribution in [2.24, 2.45) is 17.6 Å². The number of ether oxygens (including phenoxy) is 1. The second-order valence-corrected chi connectivity index (χ2v) is 9.80. The fraction of sp³-hybridized carbons (Fsp3) is 0.519. The number of hydrogen-bond acceptors (Lipinski definition) is 6. The Morgan fingerprint density at radius 1 is 1.06 bits per heavy atom. The molecule has 3 aromatic rings. The summed E-state index contributed by atoms with van der Waals surface area (Å²) in [4.78, 5) is 20.2. The van der Waals surface area contributed by atoms with Gasteiger partial charge in [-0.2, -0.15) is 5.10 Å². The summed E-state index contributed by atoms with van der Waals surface area (Å²) in [5.74, 6) is 2.54. The Labute approximate surface area is 208 Å². The molecule has 0 saturated heterocycles. The highest BCUT2D eigenvalue weighted by Crippen LogP contribution is 2.24. The maximum absolute atomic E-state index is 13.5. The van der Waals surface area contributed by atoms with Gasteiger partial charge in [-0.15, -0.1) is 0 Å². The van der Waals surface area contributed by atoms with E-state index in [1.54, 1.807) is 17.7 Å². The Morgan fingerprint density at radius 2 is 1.71 bits per heavy atom. The lowest BCUT2D eigenvalue weighted by atomic mass is 10.1. The van der Waals surface area contributed by atoms with Crippen molar-refractivity contribution in [1.29, 1.82) is 0 Å². The minimum atomic E-state index is -0.0312. The predicted octanol–water partition coefficient (Wildman–Crippen LogP) is 4.91. The first-order chi connectivity index (χ1) is 16.8. The molecular formula is C27H40N6O2. The van der Waals surface area contributed by atoms with Crippen LogP contribution in [-0.2, 0) is 6.42 Å². The average molecular weight is 481 g/mol. The molecule has 1 amide bonds. The SMILES string of the molecule is COc1ccc(Nc2nc3ccc(C(=O)N(CCC(C)C)CCC(C)C)nn3c2CCCN)cc1. The molecule has 0 spiro atoms. The van der Waals surface area contributed by atoms with Crippen molar-refractivity contribution in [3.05, 3.63) is 47.8 Å². The van der Waals surface area contributed by atoms with Crippen molar-refractivity contribution in [2.75, 3.05) is 32.1 Å². The number of imidazole rings is 1. The van der Waals surface area contributed by atoms with Crippen LogP contribution in [-0.4, -0.2) is 52.1 Å². The Balaban J connectivity index is 1.92. The van der Waals surface area contributed by atoms with Crippen LogP contribution in [0.1, 0.15) is 63.1 Å². The molecule has 0 aliphatic rings. The van der Waals surface area contributed by atoms with Gasteiger partial charge in [0, 0.05) is 18.8 Å². The van der Waals surface area contributed by atoms with Crippen LogP contribution in [0, 0.1) is 11.8 Å². The lowest BCUT2D eigenvalue weighted by Crippen LogP contribution is -2.35. The molecule has 8 heteroatoms. The highest BCUT2D eigenvalue weighted by Gasteiger charge is 2.21. The van der Waals surface area contributed by atoms with Gasteiger partial charge >= 0.3 is 0 Å². The van der Waals surface area contributed by atoms with Crippen molar-refractivity contribution < 1.29 is 9.53 Å². The fourth-order valence-electron chi connectivity index (χ4n) is 3.80. The van der Waals surface area contributed by atoms with E-state index >= 15 is 0 Å². The van der Waals surface area contributed by atoms with Gasteiger partial charge in [-0.05, 0) is 80.5 Å². The second-order valence-electron chi connectivity index (χ2n) is 9.80. The molecule has 190 valence electrons. The molecule has 0 saturated carbocycles. The molecule has 0 unspecified atom stereocenters. The summed E-state index contributed by atoms with van der Waals surface area (Å²) in [6.45, 7) is 10.8. The second kappa shape index (κ2) is 12.5. The van der Waals surface area contributed by atoms with Crippen LogP contribution in [0.4, 0.5) is 11.5 Å². The quantitative estimate of drug-likeness (QED) is 0.361. The van der Waals surface area contributed by atoms with E-state index in [2.05, 4.69) is 33.0 Å². The molecule has 0 fully saturated rings. The van der Waals surface area contributed by atoms with E-state index in [9.17, 15) is 4.79 Å². The smallest absolute Gasteiger partial charge is 0.274 e. The zero-order valence-electron chi connectivity index (χ0n) is 21.8. The van der Waals surface area contributed by atoms with Crippen LogP contribution in [0.15, 0.2) is 36.4 Å². The summed E-state index contributed by atoms with van der Waals surface area (Å²) in [5, 5.41) is 8.15. The molecule has 0 radical (unpaired) electrons. The van der Waals surface area contributed by atoms with Crippen molar-refractivity contribution in [3.8, 4) is 5.75 Å². The number of aromatic nitrogens is 3. The van der Waals surface area contributed by atoms with Gasteiger partial charge in [0.05, 0.1) is 12.8 Å². The van der Waals surface area contributed by atoms with Crippen LogP contribution in [0.2, 0.25) is 0 Å². The molecule has 0 atom stereocenters. The molecule has 2 aromatic heterocycles. The third-order valence-corrected chi connectivity index (χ3v) is 6.00. The third kappa shape index (κ3) is 7.18. The molecule has 0 aliphatic heterocycles. The van der Waals surface area contributed by atoms with E-state index in [4.69, 9.17) is 20.6 Å². The minimum Gasteiger partial charge on any atom is -0.497 e. The summed E-state index contributed by atoms with van der Waals surface area (Å²) < 4.78 is 7.04. The van der Waals surface area contributed by atoms with Crippen LogP contribution in [0.3, 0.4) is 0 Å². The molecule has 8 nitrogen and oxygen atoms in total. The van der Waals surface area contributed by atoms with E-state index in [0.29, 0.717) is 36.1 Å². The largest absolute Gasteiger partial charge is 0.497 e. The number of nitrogens with two attached hydrogens (primary N) is 1. The number of anilines is 2. The summed E-state index contributed by atoms with van der Waals surface area (Å²) in [5.41, 5.74) is 8.75. The monoisotopic (exact) mass is 480 g/mol. The Bertz CT molecular complexity index is 1080. The van der Waals surface area contributed by atoms with Gasteiger partial charge in [0.2, 0.25) is 0 Å². The molecule has 3 rings (SSSR count). The topological polar surface area (TPSA) is 97.8 Å². The van der Waals surface area contributed by atoms with Crippen LogP contribution in [0.5, 0.6) is 5.75 Å². The Morgan fingerprint density at radius 3 is 2.29 bits per heavy atom. The number of amides is 1. The van der Waals surface area contributed by atoms with Gasteiger partial charge < -0.3 is 20.7 Å². The third-order valence-electron chi connectivity index (χ3n) is 6.00. The number of nitrogens with zero attached hydrogens (tertiary/aromatic N) is 4. The number of fused-ring (bicyclic) bond motifs is 1. The molecular weight excluding hydrogens is 440 g/mol. The number of rotatable bonds is 13. The minimum absolute atomic E-state index is 0.0312. The Hall–Kier alpha value is -3.13.